The van der Waals surface area contributed by atoms with Crippen LogP contribution >= 0.6 is 0 Å². The molecule has 29 heavy (non-hydrogen) atoms. The van der Waals surface area contributed by atoms with Gasteiger partial charge in [-0.15, -0.1) is 0 Å². The minimum Gasteiger partial charge on any atom is -0.497 e. The number of aryl methyl sites for hydroxylation is 1. The van der Waals surface area contributed by atoms with Gasteiger partial charge in [0.2, 0.25) is 5.91 Å². The van der Waals surface area contributed by atoms with Gasteiger partial charge in [-0.3, -0.25) is 19.8 Å². The van der Waals surface area contributed by atoms with E-state index in [1.807, 2.05) is 31.2 Å². The number of benzene rings is 1. The van der Waals surface area contributed by atoms with Gasteiger partial charge in [-0.2, -0.15) is 0 Å². The molecule has 0 saturated carbocycles. The summed E-state index contributed by atoms with van der Waals surface area (Å²) in [5.74, 6) is -0.484. The topological polar surface area (TPSA) is 117 Å². The van der Waals surface area contributed by atoms with Crippen LogP contribution in [-0.2, 0) is 16.0 Å². The molecule has 1 aliphatic heterocycles. The average molecular weight is 404 g/mol. The summed E-state index contributed by atoms with van der Waals surface area (Å²) < 4.78 is 5.12. The number of nitrogens with zero attached hydrogens (tertiary/aromatic N) is 1. The summed E-state index contributed by atoms with van der Waals surface area (Å²) in [6.07, 6.45) is 1.64. The zero-order valence-corrected chi connectivity index (χ0v) is 17.2. The number of hydrogen-bond acceptors (Lipinski definition) is 5. The number of amides is 6. The number of rotatable bonds is 8. The third-order valence-corrected chi connectivity index (χ3v) is 4.96. The van der Waals surface area contributed by atoms with Crippen molar-refractivity contribution in [1.29, 1.82) is 0 Å². The maximum atomic E-state index is 12.7. The highest BCUT2D eigenvalue weighted by atomic mass is 16.5. The molecule has 1 saturated heterocycles. The monoisotopic (exact) mass is 404 g/mol. The molecule has 6 amide bonds. The van der Waals surface area contributed by atoms with E-state index >= 15 is 0 Å². The molecule has 9 heteroatoms. The zero-order chi connectivity index (χ0) is 21.6. The van der Waals surface area contributed by atoms with Gasteiger partial charge in [0.25, 0.3) is 5.91 Å². The van der Waals surface area contributed by atoms with Crippen molar-refractivity contribution in [2.45, 2.75) is 51.6 Å². The van der Waals surface area contributed by atoms with E-state index in [-0.39, 0.29) is 6.04 Å². The second-order valence-corrected chi connectivity index (χ2v) is 7.33. The van der Waals surface area contributed by atoms with Crippen molar-refractivity contribution in [3.63, 3.8) is 0 Å². The minimum absolute atomic E-state index is 0.0965. The van der Waals surface area contributed by atoms with E-state index in [0.717, 1.165) is 16.2 Å². The maximum absolute atomic E-state index is 12.7. The van der Waals surface area contributed by atoms with Crippen molar-refractivity contribution in [2.24, 2.45) is 0 Å². The largest absolute Gasteiger partial charge is 0.497 e. The molecule has 158 valence electrons. The number of hydrogen-bond donors (Lipinski definition) is 3. The third kappa shape index (κ3) is 5.69. The smallest absolute Gasteiger partial charge is 0.325 e. The average Bonchev–Trinajstić information content (AvgIpc) is 2.90. The molecule has 1 aromatic rings. The number of carbonyl (C=O) groups excluding carboxylic acids is 4. The first kappa shape index (κ1) is 22.2. The Hall–Kier alpha value is -3.10. The molecule has 1 fully saturated rings. The number of imide groups is 2. The van der Waals surface area contributed by atoms with Crippen LogP contribution in [0.5, 0.6) is 5.75 Å². The first-order valence-corrected chi connectivity index (χ1v) is 9.56. The van der Waals surface area contributed by atoms with Crippen molar-refractivity contribution < 1.29 is 23.9 Å². The predicted molar refractivity (Wildman–Crippen MR) is 106 cm³/mol. The summed E-state index contributed by atoms with van der Waals surface area (Å²) in [4.78, 5) is 49.6. The summed E-state index contributed by atoms with van der Waals surface area (Å²) in [6, 6.07) is 6.04. The van der Waals surface area contributed by atoms with Crippen molar-refractivity contribution in [1.82, 2.24) is 20.9 Å². The Morgan fingerprint density at radius 3 is 2.48 bits per heavy atom. The molecule has 0 spiro atoms. The Bertz CT molecular complexity index is 780. The van der Waals surface area contributed by atoms with Crippen LogP contribution in [0.25, 0.3) is 0 Å². The van der Waals surface area contributed by atoms with E-state index in [1.165, 1.54) is 0 Å². The number of nitrogens with one attached hydrogen (secondary N) is 3. The normalized spacial score (nSPS) is 19.5. The van der Waals surface area contributed by atoms with Gasteiger partial charge in [0, 0.05) is 6.04 Å². The summed E-state index contributed by atoms with van der Waals surface area (Å²) in [7, 11) is 1.58. The molecule has 9 nitrogen and oxygen atoms in total. The molecule has 0 aliphatic carbocycles. The number of carbonyl (C=O) groups is 4. The highest BCUT2D eigenvalue weighted by Crippen LogP contribution is 2.24. The van der Waals surface area contributed by atoms with Crippen LogP contribution < -0.4 is 20.7 Å². The maximum Gasteiger partial charge on any atom is 0.325 e. The molecular formula is C20H28N4O5. The fourth-order valence-electron chi connectivity index (χ4n) is 2.92. The fraction of sp³-hybridized carbons (Fsp3) is 0.500. The number of methoxy groups -OCH3 is 1. The Morgan fingerprint density at radius 2 is 1.90 bits per heavy atom. The third-order valence-electron chi connectivity index (χ3n) is 4.96. The van der Waals surface area contributed by atoms with Crippen LogP contribution in [0.2, 0.25) is 0 Å². The van der Waals surface area contributed by atoms with E-state index in [1.54, 1.807) is 21.0 Å². The molecule has 2 rings (SSSR count). The van der Waals surface area contributed by atoms with Gasteiger partial charge in [0.15, 0.2) is 0 Å². The molecule has 0 aromatic heterocycles. The van der Waals surface area contributed by atoms with E-state index < -0.39 is 36.0 Å². The van der Waals surface area contributed by atoms with Crippen molar-refractivity contribution >= 4 is 23.9 Å². The second kappa shape index (κ2) is 9.40. The van der Waals surface area contributed by atoms with Gasteiger partial charge in [-0.05, 0) is 50.8 Å². The second-order valence-electron chi connectivity index (χ2n) is 7.33. The lowest BCUT2D eigenvalue weighted by Gasteiger charge is -2.21. The van der Waals surface area contributed by atoms with E-state index in [2.05, 4.69) is 16.0 Å². The Morgan fingerprint density at radius 1 is 1.24 bits per heavy atom. The lowest BCUT2D eigenvalue weighted by Crippen LogP contribution is -2.48. The fourth-order valence-corrected chi connectivity index (χ4v) is 2.92. The molecule has 1 aromatic carbocycles. The summed E-state index contributed by atoms with van der Waals surface area (Å²) in [6.45, 7) is 4.81. The molecule has 3 N–H and O–H groups in total. The van der Waals surface area contributed by atoms with Gasteiger partial charge < -0.3 is 15.4 Å². The number of urea groups is 2. The van der Waals surface area contributed by atoms with Gasteiger partial charge >= 0.3 is 12.1 Å². The van der Waals surface area contributed by atoms with Crippen LogP contribution in [0, 0.1) is 0 Å². The molecule has 0 unspecified atom stereocenters. The van der Waals surface area contributed by atoms with E-state index in [0.29, 0.717) is 19.3 Å². The van der Waals surface area contributed by atoms with Crippen molar-refractivity contribution in [2.75, 3.05) is 13.7 Å². The summed E-state index contributed by atoms with van der Waals surface area (Å²) in [5, 5.41) is 7.38. The summed E-state index contributed by atoms with van der Waals surface area (Å²) in [5.41, 5.74) is -0.122. The van der Waals surface area contributed by atoms with Gasteiger partial charge in [-0.25, -0.2) is 9.59 Å². The Labute approximate surface area is 170 Å². The van der Waals surface area contributed by atoms with E-state index in [9.17, 15) is 19.2 Å². The van der Waals surface area contributed by atoms with Crippen LogP contribution in [0.1, 0.15) is 39.2 Å². The van der Waals surface area contributed by atoms with Crippen molar-refractivity contribution in [3.05, 3.63) is 29.8 Å². The van der Waals surface area contributed by atoms with Crippen LogP contribution in [-0.4, -0.2) is 54.0 Å². The molecule has 0 bridgehead atoms. The van der Waals surface area contributed by atoms with Crippen LogP contribution in [0.15, 0.2) is 24.3 Å². The van der Waals surface area contributed by atoms with Crippen molar-refractivity contribution in [3.8, 4) is 5.75 Å². The van der Waals surface area contributed by atoms with Crippen LogP contribution in [0.4, 0.5) is 9.59 Å². The molecule has 1 aliphatic rings. The van der Waals surface area contributed by atoms with Crippen LogP contribution in [0.3, 0.4) is 0 Å². The molecule has 0 radical (unpaired) electrons. The molecule has 2 atom stereocenters. The molecular weight excluding hydrogens is 376 g/mol. The number of ether oxygens (including phenoxy) is 1. The predicted octanol–water partition coefficient (Wildman–Crippen LogP) is 1.56. The lowest BCUT2D eigenvalue weighted by atomic mass is 9.93. The Balaban J connectivity index is 1.93. The van der Waals surface area contributed by atoms with Gasteiger partial charge in [-0.1, -0.05) is 19.1 Å². The quantitative estimate of drug-likeness (QED) is 0.569. The summed E-state index contributed by atoms with van der Waals surface area (Å²) >= 11 is 0. The molecule has 1 heterocycles. The minimum atomic E-state index is -1.11. The first-order valence-electron chi connectivity index (χ1n) is 9.56. The zero-order valence-electron chi connectivity index (χ0n) is 17.2. The Kier molecular flexibility index (Phi) is 7.19. The van der Waals surface area contributed by atoms with Gasteiger partial charge in [0.1, 0.15) is 17.8 Å². The SMILES string of the molecule is CC[C@@H](C)NC(=O)NC(=O)CN1C(=O)N[C@@](C)(CCc2ccc(OC)cc2)C1=O. The lowest BCUT2D eigenvalue weighted by molar-refractivity contribution is -0.134. The standard InChI is InChI=1S/C20H28N4O5/c1-5-13(2)21-18(27)22-16(25)12-24-17(26)20(3,23-19(24)28)11-10-14-6-8-15(29-4)9-7-14/h6-9,13H,5,10-12H2,1-4H3,(H,23,28)(H2,21,22,25,27)/t13-,20+/m1/s1. The van der Waals surface area contributed by atoms with Gasteiger partial charge in [0.05, 0.1) is 7.11 Å². The first-order chi connectivity index (χ1) is 13.7. The highest BCUT2D eigenvalue weighted by molar-refractivity contribution is 6.09. The van der Waals surface area contributed by atoms with E-state index in [4.69, 9.17) is 4.74 Å². The highest BCUT2D eigenvalue weighted by Gasteiger charge is 2.47.